The highest BCUT2D eigenvalue weighted by atomic mass is 16.7. The van der Waals surface area contributed by atoms with Crippen LogP contribution in [0.15, 0.2) is 0 Å². The standard InChI is InChI=1S/C10H20O3/c1-5-7-8(6-2)13-10(12-4)9(7)11-3/h7-10H,5-6H2,1-4H3/t7?,8-,9?,10-/m1/s1. The second-order valence-electron chi connectivity index (χ2n) is 3.46. The van der Waals surface area contributed by atoms with E-state index in [4.69, 9.17) is 14.2 Å². The molecular formula is C10H20O3. The maximum absolute atomic E-state index is 5.72. The zero-order valence-electron chi connectivity index (χ0n) is 8.95. The molecule has 0 aromatic carbocycles. The molecule has 0 amide bonds. The number of methoxy groups -OCH3 is 2. The highest BCUT2D eigenvalue weighted by molar-refractivity contribution is 4.86. The molecule has 3 heteroatoms. The summed E-state index contributed by atoms with van der Waals surface area (Å²) in [5.74, 6) is 0.472. The first-order chi connectivity index (χ1) is 6.28. The van der Waals surface area contributed by atoms with Crippen molar-refractivity contribution in [2.45, 2.75) is 45.2 Å². The maximum atomic E-state index is 5.72. The molecule has 13 heavy (non-hydrogen) atoms. The monoisotopic (exact) mass is 188 g/mol. The third kappa shape index (κ3) is 2.03. The average Bonchev–Trinajstić information content (AvgIpc) is 2.54. The van der Waals surface area contributed by atoms with Gasteiger partial charge in [0, 0.05) is 20.1 Å². The van der Waals surface area contributed by atoms with Gasteiger partial charge in [-0.1, -0.05) is 13.8 Å². The summed E-state index contributed by atoms with van der Waals surface area (Å²) in [5.41, 5.74) is 0. The number of hydrogen-bond donors (Lipinski definition) is 0. The van der Waals surface area contributed by atoms with Crippen molar-refractivity contribution in [3.05, 3.63) is 0 Å². The van der Waals surface area contributed by atoms with E-state index in [1.165, 1.54) is 0 Å². The molecule has 1 rings (SSSR count). The highest BCUT2D eigenvalue weighted by Gasteiger charge is 2.42. The fraction of sp³-hybridized carbons (Fsp3) is 1.00. The number of hydrogen-bond acceptors (Lipinski definition) is 3. The van der Waals surface area contributed by atoms with Crippen molar-refractivity contribution >= 4 is 0 Å². The van der Waals surface area contributed by atoms with Gasteiger partial charge in [0.1, 0.15) is 6.10 Å². The lowest BCUT2D eigenvalue weighted by Crippen LogP contribution is -2.30. The Kier molecular flexibility index (Phi) is 4.16. The SMILES string of the molecule is CCC1C(OC)[C@H](OC)O[C@@H]1CC. The summed E-state index contributed by atoms with van der Waals surface area (Å²) in [6, 6.07) is 0. The van der Waals surface area contributed by atoms with Crippen LogP contribution in [0.4, 0.5) is 0 Å². The first kappa shape index (κ1) is 11.0. The molecule has 2 unspecified atom stereocenters. The van der Waals surface area contributed by atoms with Crippen LogP contribution in [0.1, 0.15) is 26.7 Å². The van der Waals surface area contributed by atoms with E-state index >= 15 is 0 Å². The molecule has 0 aromatic rings. The number of ether oxygens (including phenoxy) is 3. The normalized spacial score (nSPS) is 39.7. The fourth-order valence-corrected chi connectivity index (χ4v) is 2.13. The molecule has 1 aliphatic heterocycles. The Labute approximate surface area is 80.4 Å². The van der Waals surface area contributed by atoms with Crippen molar-refractivity contribution in [3.63, 3.8) is 0 Å². The van der Waals surface area contributed by atoms with Gasteiger partial charge in [0.05, 0.1) is 6.10 Å². The Hall–Kier alpha value is -0.120. The zero-order chi connectivity index (χ0) is 9.84. The topological polar surface area (TPSA) is 27.7 Å². The largest absolute Gasteiger partial charge is 0.376 e. The van der Waals surface area contributed by atoms with Crippen LogP contribution in [-0.2, 0) is 14.2 Å². The predicted molar refractivity (Wildman–Crippen MR) is 50.5 cm³/mol. The molecule has 1 fully saturated rings. The maximum Gasteiger partial charge on any atom is 0.184 e. The Balaban J connectivity index is 2.65. The third-order valence-electron chi connectivity index (χ3n) is 2.85. The van der Waals surface area contributed by atoms with Crippen LogP contribution >= 0.6 is 0 Å². The molecule has 1 heterocycles. The van der Waals surface area contributed by atoms with E-state index in [1.54, 1.807) is 14.2 Å². The van der Waals surface area contributed by atoms with Crippen molar-refractivity contribution in [2.24, 2.45) is 5.92 Å². The molecule has 0 radical (unpaired) electrons. The molecule has 0 spiro atoms. The molecule has 3 nitrogen and oxygen atoms in total. The number of rotatable bonds is 4. The van der Waals surface area contributed by atoms with E-state index in [9.17, 15) is 0 Å². The summed E-state index contributed by atoms with van der Waals surface area (Å²) in [7, 11) is 3.39. The van der Waals surface area contributed by atoms with E-state index in [-0.39, 0.29) is 12.4 Å². The predicted octanol–water partition coefficient (Wildman–Crippen LogP) is 1.81. The third-order valence-corrected chi connectivity index (χ3v) is 2.85. The second-order valence-corrected chi connectivity index (χ2v) is 3.46. The smallest absolute Gasteiger partial charge is 0.184 e. The molecule has 0 saturated carbocycles. The zero-order valence-corrected chi connectivity index (χ0v) is 8.95. The van der Waals surface area contributed by atoms with Crippen molar-refractivity contribution in [2.75, 3.05) is 14.2 Å². The van der Waals surface area contributed by atoms with Gasteiger partial charge in [-0.05, 0) is 12.8 Å². The van der Waals surface area contributed by atoms with E-state index in [2.05, 4.69) is 13.8 Å². The van der Waals surface area contributed by atoms with Crippen LogP contribution in [0.3, 0.4) is 0 Å². The molecule has 0 aromatic heterocycles. The van der Waals surface area contributed by atoms with Crippen LogP contribution < -0.4 is 0 Å². The van der Waals surface area contributed by atoms with Gasteiger partial charge in [-0.2, -0.15) is 0 Å². The van der Waals surface area contributed by atoms with Crippen molar-refractivity contribution < 1.29 is 14.2 Å². The minimum absolute atomic E-state index is 0.0972. The van der Waals surface area contributed by atoms with E-state index < -0.39 is 0 Å². The Bertz CT molecular complexity index is 133. The van der Waals surface area contributed by atoms with Gasteiger partial charge >= 0.3 is 0 Å². The van der Waals surface area contributed by atoms with Crippen LogP contribution in [0, 0.1) is 5.92 Å². The van der Waals surface area contributed by atoms with E-state index in [0.29, 0.717) is 12.0 Å². The first-order valence-corrected chi connectivity index (χ1v) is 4.99. The van der Waals surface area contributed by atoms with Crippen LogP contribution in [-0.4, -0.2) is 32.7 Å². The Morgan fingerprint density at radius 1 is 1.08 bits per heavy atom. The fourth-order valence-electron chi connectivity index (χ4n) is 2.13. The van der Waals surface area contributed by atoms with Gasteiger partial charge in [-0.3, -0.25) is 0 Å². The summed E-state index contributed by atoms with van der Waals surface area (Å²) < 4.78 is 16.4. The summed E-state index contributed by atoms with van der Waals surface area (Å²) in [5, 5.41) is 0. The second kappa shape index (κ2) is 4.94. The summed E-state index contributed by atoms with van der Waals surface area (Å²) in [4.78, 5) is 0. The van der Waals surface area contributed by atoms with Crippen LogP contribution in [0.25, 0.3) is 0 Å². The Morgan fingerprint density at radius 3 is 2.15 bits per heavy atom. The average molecular weight is 188 g/mol. The van der Waals surface area contributed by atoms with E-state index in [1.807, 2.05) is 0 Å². The molecule has 0 aliphatic carbocycles. The molecule has 4 atom stereocenters. The molecule has 0 bridgehead atoms. The van der Waals surface area contributed by atoms with Gasteiger partial charge in [0.2, 0.25) is 0 Å². The van der Waals surface area contributed by atoms with Crippen molar-refractivity contribution in [1.82, 2.24) is 0 Å². The lowest BCUT2D eigenvalue weighted by molar-refractivity contribution is -0.155. The lowest BCUT2D eigenvalue weighted by atomic mass is 9.94. The van der Waals surface area contributed by atoms with Crippen LogP contribution in [0.2, 0.25) is 0 Å². The van der Waals surface area contributed by atoms with Gasteiger partial charge in [0.25, 0.3) is 0 Å². The molecule has 1 aliphatic rings. The summed E-state index contributed by atoms with van der Waals surface area (Å²) >= 11 is 0. The van der Waals surface area contributed by atoms with Gasteiger partial charge in [-0.15, -0.1) is 0 Å². The van der Waals surface area contributed by atoms with Crippen LogP contribution in [0.5, 0.6) is 0 Å². The highest BCUT2D eigenvalue weighted by Crippen LogP contribution is 2.33. The molecule has 78 valence electrons. The molecular weight excluding hydrogens is 168 g/mol. The summed E-state index contributed by atoms with van der Waals surface area (Å²) in [6.45, 7) is 4.30. The minimum atomic E-state index is -0.181. The minimum Gasteiger partial charge on any atom is -0.376 e. The van der Waals surface area contributed by atoms with Crippen molar-refractivity contribution in [1.29, 1.82) is 0 Å². The summed E-state index contributed by atoms with van der Waals surface area (Å²) in [6.07, 6.45) is 2.31. The Morgan fingerprint density at radius 2 is 1.77 bits per heavy atom. The lowest BCUT2D eigenvalue weighted by Gasteiger charge is -2.20. The van der Waals surface area contributed by atoms with E-state index in [0.717, 1.165) is 12.8 Å². The van der Waals surface area contributed by atoms with Gasteiger partial charge in [-0.25, -0.2) is 0 Å². The molecule has 0 N–H and O–H groups in total. The van der Waals surface area contributed by atoms with Crippen molar-refractivity contribution in [3.8, 4) is 0 Å². The van der Waals surface area contributed by atoms with Gasteiger partial charge < -0.3 is 14.2 Å². The van der Waals surface area contributed by atoms with Gasteiger partial charge in [0.15, 0.2) is 6.29 Å². The molecule has 1 saturated heterocycles. The quantitative estimate of drug-likeness (QED) is 0.673. The first-order valence-electron chi connectivity index (χ1n) is 4.99.